The molecule has 1 aliphatic heterocycles. The zero-order valence-corrected chi connectivity index (χ0v) is 9.41. The molecule has 0 N–H and O–H groups in total. The number of carbonyl (C=O) groups is 1. The van der Waals surface area contributed by atoms with Crippen LogP contribution >= 0.6 is 0 Å². The van der Waals surface area contributed by atoms with Gasteiger partial charge in [0, 0.05) is 5.57 Å². The summed E-state index contributed by atoms with van der Waals surface area (Å²) in [5, 5.41) is 0. The lowest BCUT2D eigenvalue weighted by Gasteiger charge is -2.27. The summed E-state index contributed by atoms with van der Waals surface area (Å²) >= 11 is 0. The number of hydrogen-bond acceptors (Lipinski definition) is 3. The van der Waals surface area contributed by atoms with Crippen molar-refractivity contribution < 1.29 is 14.3 Å². The molecule has 3 heteroatoms. The van der Waals surface area contributed by atoms with E-state index in [9.17, 15) is 4.79 Å². The van der Waals surface area contributed by atoms with Crippen LogP contribution in [0.3, 0.4) is 0 Å². The van der Waals surface area contributed by atoms with Crippen molar-refractivity contribution >= 4 is 5.97 Å². The number of ether oxygens (including phenoxy) is 2. The van der Waals surface area contributed by atoms with Crippen molar-refractivity contribution in [1.82, 2.24) is 0 Å². The van der Waals surface area contributed by atoms with E-state index in [4.69, 9.17) is 9.47 Å². The molecule has 1 aliphatic carbocycles. The fraction of sp³-hybridized carbons (Fsp3) is 0.750. The first-order chi connectivity index (χ1) is 7.03. The zero-order chi connectivity index (χ0) is 11.1. The lowest BCUT2D eigenvalue weighted by atomic mass is 9.96. The maximum absolute atomic E-state index is 11.6. The molecule has 2 aliphatic rings. The highest BCUT2D eigenvalue weighted by atomic mass is 16.6. The second-order valence-electron chi connectivity index (χ2n) is 4.90. The van der Waals surface area contributed by atoms with Crippen LogP contribution in [0.15, 0.2) is 12.2 Å². The lowest BCUT2D eigenvalue weighted by molar-refractivity contribution is -0.156. The fourth-order valence-electron chi connectivity index (χ4n) is 2.36. The topological polar surface area (TPSA) is 38.8 Å². The van der Waals surface area contributed by atoms with E-state index in [2.05, 4.69) is 13.5 Å². The summed E-state index contributed by atoms with van der Waals surface area (Å²) in [5.41, 5.74) is 0.115. The third kappa shape index (κ3) is 2.07. The van der Waals surface area contributed by atoms with Gasteiger partial charge in [-0.15, -0.1) is 0 Å². The van der Waals surface area contributed by atoms with Gasteiger partial charge in [0.1, 0.15) is 11.7 Å². The Morgan fingerprint density at radius 1 is 1.60 bits per heavy atom. The zero-order valence-electron chi connectivity index (χ0n) is 9.41. The van der Waals surface area contributed by atoms with Gasteiger partial charge in [-0.3, -0.25) is 0 Å². The first-order valence-electron chi connectivity index (χ1n) is 5.54. The van der Waals surface area contributed by atoms with Gasteiger partial charge in [0.15, 0.2) is 0 Å². The molecule has 1 saturated carbocycles. The number of carbonyl (C=O) groups excluding carboxylic acids is 1. The summed E-state index contributed by atoms with van der Waals surface area (Å²) in [6.45, 7) is 8.22. The van der Waals surface area contributed by atoms with Crippen molar-refractivity contribution in [1.29, 1.82) is 0 Å². The van der Waals surface area contributed by atoms with Crippen molar-refractivity contribution in [2.24, 2.45) is 5.92 Å². The molecule has 1 saturated heterocycles. The number of epoxide rings is 1. The van der Waals surface area contributed by atoms with E-state index in [-0.39, 0.29) is 17.7 Å². The molecule has 0 radical (unpaired) electrons. The molecule has 3 unspecified atom stereocenters. The van der Waals surface area contributed by atoms with Gasteiger partial charge in [-0.25, -0.2) is 4.79 Å². The Bertz CT molecular complexity index is 293. The van der Waals surface area contributed by atoms with Crippen LogP contribution in [0.4, 0.5) is 0 Å². The normalized spacial score (nSPS) is 38.8. The summed E-state index contributed by atoms with van der Waals surface area (Å²) in [6, 6.07) is 0. The fourth-order valence-corrected chi connectivity index (χ4v) is 2.36. The predicted octanol–water partition coefficient (Wildman–Crippen LogP) is 2.06. The Kier molecular flexibility index (Phi) is 2.59. The summed E-state index contributed by atoms with van der Waals surface area (Å²) in [4.78, 5) is 11.6. The average molecular weight is 210 g/mol. The van der Waals surface area contributed by atoms with Crippen LogP contribution in [0.25, 0.3) is 0 Å². The van der Waals surface area contributed by atoms with E-state index in [1.807, 2.05) is 0 Å². The van der Waals surface area contributed by atoms with Crippen LogP contribution < -0.4 is 0 Å². The Hall–Kier alpha value is -0.830. The van der Waals surface area contributed by atoms with Gasteiger partial charge in [0.05, 0.1) is 6.61 Å². The van der Waals surface area contributed by atoms with Crippen LogP contribution in [-0.4, -0.2) is 24.3 Å². The lowest BCUT2D eigenvalue weighted by Crippen LogP contribution is -2.38. The van der Waals surface area contributed by atoms with E-state index in [1.165, 1.54) is 0 Å². The Morgan fingerprint density at radius 2 is 2.27 bits per heavy atom. The minimum Gasteiger partial charge on any atom is -0.453 e. The molecule has 0 aromatic rings. The molecule has 84 valence electrons. The van der Waals surface area contributed by atoms with E-state index >= 15 is 0 Å². The Labute approximate surface area is 90.4 Å². The highest BCUT2D eigenvalue weighted by Crippen LogP contribution is 2.45. The molecule has 2 fully saturated rings. The van der Waals surface area contributed by atoms with E-state index in [1.54, 1.807) is 6.92 Å². The van der Waals surface area contributed by atoms with E-state index in [0.29, 0.717) is 11.5 Å². The van der Waals surface area contributed by atoms with Gasteiger partial charge >= 0.3 is 5.97 Å². The summed E-state index contributed by atoms with van der Waals surface area (Å²) in [5.74, 6) is 0.340. The predicted molar refractivity (Wildman–Crippen MR) is 56.4 cm³/mol. The third-order valence-electron chi connectivity index (χ3n) is 3.32. The number of rotatable bonds is 3. The number of hydrogen-bond donors (Lipinski definition) is 0. The van der Waals surface area contributed by atoms with Crippen molar-refractivity contribution in [3.05, 3.63) is 12.2 Å². The van der Waals surface area contributed by atoms with E-state index < -0.39 is 0 Å². The molecule has 0 aromatic heterocycles. The molecule has 0 spiro atoms. The quantitative estimate of drug-likeness (QED) is 0.406. The van der Waals surface area contributed by atoms with Crippen LogP contribution in [0, 0.1) is 5.92 Å². The Balaban J connectivity index is 2.07. The first kappa shape index (κ1) is 10.7. The van der Waals surface area contributed by atoms with Crippen molar-refractivity contribution in [2.45, 2.75) is 44.8 Å². The minimum atomic E-state index is -0.352. The van der Waals surface area contributed by atoms with Gasteiger partial charge in [-0.2, -0.15) is 0 Å². The highest BCUT2D eigenvalue weighted by Gasteiger charge is 2.53. The van der Waals surface area contributed by atoms with Crippen LogP contribution in [0.5, 0.6) is 0 Å². The van der Waals surface area contributed by atoms with Gasteiger partial charge in [-0.05, 0) is 32.1 Å². The molecule has 3 nitrogen and oxygen atoms in total. The highest BCUT2D eigenvalue weighted by molar-refractivity contribution is 5.87. The smallest absolute Gasteiger partial charge is 0.333 e. The molecule has 3 atom stereocenters. The molecular formula is C12H18O3. The molecule has 2 rings (SSSR count). The van der Waals surface area contributed by atoms with E-state index in [0.717, 1.165) is 25.9 Å². The second-order valence-corrected chi connectivity index (χ2v) is 4.90. The monoisotopic (exact) mass is 210 g/mol. The molecular weight excluding hydrogens is 192 g/mol. The Morgan fingerprint density at radius 3 is 2.67 bits per heavy atom. The van der Waals surface area contributed by atoms with Gasteiger partial charge in [-0.1, -0.05) is 13.5 Å². The van der Waals surface area contributed by atoms with Crippen molar-refractivity contribution in [3.8, 4) is 0 Å². The van der Waals surface area contributed by atoms with Gasteiger partial charge < -0.3 is 9.47 Å². The summed E-state index contributed by atoms with van der Waals surface area (Å²) < 4.78 is 10.9. The molecule has 0 amide bonds. The minimum absolute atomic E-state index is 0.130. The average Bonchev–Trinajstić information content (AvgIpc) is 2.93. The molecule has 0 aromatic carbocycles. The summed E-state index contributed by atoms with van der Waals surface area (Å²) in [7, 11) is 0. The summed E-state index contributed by atoms with van der Waals surface area (Å²) in [6.07, 6.45) is 3.10. The third-order valence-corrected chi connectivity index (χ3v) is 3.32. The van der Waals surface area contributed by atoms with Gasteiger partial charge in [0.2, 0.25) is 0 Å². The largest absolute Gasteiger partial charge is 0.453 e. The molecule has 0 bridgehead atoms. The van der Waals surface area contributed by atoms with Crippen molar-refractivity contribution in [3.63, 3.8) is 0 Å². The van der Waals surface area contributed by atoms with Crippen LogP contribution in [0.1, 0.15) is 33.1 Å². The van der Waals surface area contributed by atoms with Gasteiger partial charge in [0.25, 0.3) is 0 Å². The maximum Gasteiger partial charge on any atom is 0.333 e. The number of esters is 1. The van der Waals surface area contributed by atoms with Crippen LogP contribution in [-0.2, 0) is 14.3 Å². The SMILES string of the molecule is C=C(C)C(=O)OC1(C2CO2)CCC(C)C1. The second kappa shape index (κ2) is 3.63. The maximum atomic E-state index is 11.6. The standard InChI is InChI=1S/C12H18O3/c1-8(2)11(13)15-12(10-7-14-10)5-4-9(3)6-12/h9-10H,1,4-7H2,2-3H3. The van der Waals surface area contributed by atoms with Crippen LogP contribution in [0.2, 0.25) is 0 Å². The molecule has 15 heavy (non-hydrogen) atoms. The van der Waals surface area contributed by atoms with Crippen molar-refractivity contribution in [2.75, 3.05) is 6.61 Å². The first-order valence-corrected chi connectivity index (χ1v) is 5.54. The molecule has 1 heterocycles.